The van der Waals surface area contributed by atoms with Crippen molar-refractivity contribution < 1.29 is 13.6 Å². The molecule has 0 aliphatic carbocycles. The second kappa shape index (κ2) is 5.13. The lowest BCUT2D eigenvalue weighted by atomic mass is 10.1. The highest BCUT2D eigenvalue weighted by molar-refractivity contribution is 5.77. The van der Waals surface area contributed by atoms with Crippen molar-refractivity contribution in [3.05, 3.63) is 35.4 Å². The molecule has 104 valence electrons. The van der Waals surface area contributed by atoms with Gasteiger partial charge in [0.25, 0.3) is 0 Å². The van der Waals surface area contributed by atoms with Gasteiger partial charge in [-0.05, 0) is 25.1 Å². The molecule has 0 saturated carbocycles. The molecule has 0 radical (unpaired) electrons. The zero-order valence-electron chi connectivity index (χ0n) is 10.9. The molecule has 0 bridgehead atoms. The average molecular weight is 269 g/mol. The Bertz CT molecular complexity index is 493. The number of hydrogen-bond acceptors (Lipinski definition) is 2. The van der Waals surface area contributed by atoms with Gasteiger partial charge in [-0.25, -0.2) is 13.6 Å². The maximum atomic E-state index is 13.8. The van der Waals surface area contributed by atoms with Crippen LogP contribution in [0.5, 0.6) is 0 Å². The lowest BCUT2D eigenvalue weighted by Crippen LogP contribution is -2.38. The average Bonchev–Trinajstić information content (AvgIpc) is 2.60. The zero-order valence-corrected chi connectivity index (χ0v) is 10.9. The van der Waals surface area contributed by atoms with Crippen LogP contribution in [0.25, 0.3) is 0 Å². The summed E-state index contributed by atoms with van der Waals surface area (Å²) >= 11 is 0. The molecule has 0 aromatic heterocycles. The van der Waals surface area contributed by atoms with E-state index in [2.05, 4.69) is 0 Å². The molecule has 6 heteroatoms. The van der Waals surface area contributed by atoms with E-state index in [-0.39, 0.29) is 17.6 Å². The first-order chi connectivity index (χ1) is 8.90. The van der Waals surface area contributed by atoms with Crippen LogP contribution >= 0.6 is 0 Å². The highest BCUT2D eigenvalue weighted by Crippen LogP contribution is 2.30. The smallest absolute Gasteiger partial charge is 0.320 e. The first kappa shape index (κ1) is 13.7. The summed E-state index contributed by atoms with van der Waals surface area (Å²) in [5, 5.41) is 0. The molecular weight excluding hydrogens is 252 g/mol. The van der Waals surface area contributed by atoms with Crippen LogP contribution in [0.3, 0.4) is 0 Å². The van der Waals surface area contributed by atoms with E-state index in [4.69, 9.17) is 5.73 Å². The number of likely N-dealkylation sites (N-methyl/N-ethyl adjacent to an activating group) is 1. The number of urea groups is 1. The summed E-state index contributed by atoms with van der Waals surface area (Å²) in [5.74, 6) is -1.02. The predicted molar refractivity (Wildman–Crippen MR) is 67.5 cm³/mol. The number of carbonyl (C=O) groups is 1. The summed E-state index contributed by atoms with van der Waals surface area (Å²) in [5.41, 5.74) is 5.87. The number of amides is 2. The summed E-state index contributed by atoms with van der Waals surface area (Å²) in [6, 6.07) is 2.42. The van der Waals surface area contributed by atoms with Crippen LogP contribution in [0.4, 0.5) is 13.6 Å². The Morgan fingerprint density at radius 3 is 2.79 bits per heavy atom. The standard InChI is InChI=1S/C13H17F2N3O/c1-8(16)6-18-7-12(17(2)13(18)19)10-5-9(14)3-4-11(10)15/h3-5,8,12H,6-7,16H2,1-2H3. The van der Waals surface area contributed by atoms with Gasteiger partial charge in [-0.2, -0.15) is 0 Å². The summed E-state index contributed by atoms with van der Waals surface area (Å²) in [4.78, 5) is 15.0. The van der Waals surface area contributed by atoms with Gasteiger partial charge in [0.1, 0.15) is 11.6 Å². The Morgan fingerprint density at radius 2 is 2.16 bits per heavy atom. The second-order valence-electron chi connectivity index (χ2n) is 4.96. The number of carbonyl (C=O) groups excluding carboxylic acids is 1. The number of benzene rings is 1. The lowest BCUT2D eigenvalue weighted by molar-refractivity contribution is 0.194. The van der Waals surface area contributed by atoms with E-state index in [1.807, 2.05) is 0 Å². The summed E-state index contributed by atoms with van der Waals surface area (Å²) in [6.45, 7) is 2.51. The largest absolute Gasteiger partial charge is 0.326 e. The van der Waals surface area contributed by atoms with E-state index in [0.717, 1.165) is 18.2 Å². The first-order valence-electron chi connectivity index (χ1n) is 6.12. The molecule has 2 unspecified atom stereocenters. The quantitative estimate of drug-likeness (QED) is 0.908. The minimum Gasteiger partial charge on any atom is -0.326 e. The molecule has 2 atom stereocenters. The number of rotatable bonds is 3. The van der Waals surface area contributed by atoms with Crippen molar-refractivity contribution in [1.82, 2.24) is 9.80 Å². The third-order valence-corrected chi connectivity index (χ3v) is 3.26. The minimum atomic E-state index is -0.511. The lowest BCUT2D eigenvalue weighted by Gasteiger charge is -2.18. The molecule has 1 aliphatic rings. The summed E-state index contributed by atoms with van der Waals surface area (Å²) in [6.07, 6.45) is 0. The minimum absolute atomic E-state index is 0.159. The van der Waals surface area contributed by atoms with E-state index in [9.17, 15) is 13.6 Å². The number of hydrogen-bond donors (Lipinski definition) is 1. The van der Waals surface area contributed by atoms with Crippen LogP contribution in [0, 0.1) is 11.6 Å². The molecule has 19 heavy (non-hydrogen) atoms. The monoisotopic (exact) mass is 269 g/mol. The summed E-state index contributed by atoms with van der Waals surface area (Å²) in [7, 11) is 1.58. The van der Waals surface area contributed by atoms with Crippen molar-refractivity contribution >= 4 is 6.03 Å². The Labute approximate surface area is 110 Å². The number of nitrogens with zero attached hydrogens (tertiary/aromatic N) is 2. The fraction of sp³-hybridized carbons (Fsp3) is 0.462. The van der Waals surface area contributed by atoms with Crippen molar-refractivity contribution in [3.8, 4) is 0 Å². The van der Waals surface area contributed by atoms with Crippen LogP contribution in [-0.2, 0) is 0 Å². The maximum Gasteiger partial charge on any atom is 0.320 e. The molecule has 2 rings (SSSR count). The topological polar surface area (TPSA) is 49.6 Å². The van der Waals surface area contributed by atoms with Gasteiger partial charge in [0, 0.05) is 31.7 Å². The van der Waals surface area contributed by atoms with E-state index < -0.39 is 17.7 Å². The van der Waals surface area contributed by atoms with Gasteiger partial charge in [0.05, 0.1) is 6.04 Å². The zero-order chi connectivity index (χ0) is 14.2. The molecule has 1 aromatic rings. The van der Waals surface area contributed by atoms with Crippen LogP contribution in [0.1, 0.15) is 18.5 Å². The molecule has 4 nitrogen and oxygen atoms in total. The van der Waals surface area contributed by atoms with Crippen LogP contribution < -0.4 is 5.73 Å². The number of nitrogens with two attached hydrogens (primary N) is 1. The van der Waals surface area contributed by atoms with E-state index in [0.29, 0.717) is 13.1 Å². The van der Waals surface area contributed by atoms with E-state index >= 15 is 0 Å². The van der Waals surface area contributed by atoms with Gasteiger partial charge >= 0.3 is 6.03 Å². The normalized spacial score (nSPS) is 21.1. The van der Waals surface area contributed by atoms with E-state index in [1.165, 1.54) is 4.90 Å². The fourth-order valence-electron chi connectivity index (χ4n) is 2.34. The van der Waals surface area contributed by atoms with Crippen LogP contribution in [-0.4, -0.2) is 42.0 Å². The van der Waals surface area contributed by atoms with Gasteiger partial charge < -0.3 is 15.5 Å². The Balaban J connectivity index is 2.26. The van der Waals surface area contributed by atoms with Gasteiger partial charge in [0.2, 0.25) is 0 Å². The van der Waals surface area contributed by atoms with Crippen molar-refractivity contribution in [3.63, 3.8) is 0 Å². The molecule has 1 aliphatic heterocycles. The third-order valence-electron chi connectivity index (χ3n) is 3.26. The van der Waals surface area contributed by atoms with Crippen molar-refractivity contribution in [2.45, 2.75) is 19.0 Å². The third kappa shape index (κ3) is 2.68. The number of halogens is 2. The molecule has 2 amide bonds. The van der Waals surface area contributed by atoms with Crippen molar-refractivity contribution in [1.29, 1.82) is 0 Å². The van der Waals surface area contributed by atoms with Crippen molar-refractivity contribution in [2.24, 2.45) is 5.73 Å². The summed E-state index contributed by atoms with van der Waals surface area (Å²) < 4.78 is 27.0. The Hall–Kier alpha value is -1.69. The van der Waals surface area contributed by atoms with Gasteiger partial charge in [-0.3, -0.25) is 0 Å². The molecule has 1 saturated heterocycles. The highest BCUT2D eigenvalue weighted by Gasteiger charge is 2.37. The molecule has 2 N–H and O–H groups in total. The molecule has 0 spiro atoms. The SMILES string of the molecule is CC(N)CN1CC(c2cc(F)ccc2F)N(C)C1=O. The van der Waals surface area contributed by atoms with Gasteiger partial charge in [-0.1, -0.05) is 0 Å². The van der Waals surface area contributed by atoms with Gasteiger partial charge in [0.15, 0.2) is 0 Å². The molecular formula is C13H17F2N3O. The van der Waals surface area contributed by atoms with Crippen molar-refractivity contribution in [2.75, 3.05) is 20.1 Å². The second-order valence-corrected chi connectivity index (χ2v) is 4.96. The Kier molecular flexibility index (Phi) is 3.71. The predicted octanol–water partition coefficient (Wildman–Crippen LogP) is 1.72. The van der Waals surface area contributed by atoms with Gasteiger partial charge in [-0.15, -0.1) is 0 Å². The molecule has 1 aromatic carbocycles. The maximum absolute atomic E-state index is 13.8. The molecule has 1 heterocycles. The van der Waals surface area contributed by atoms with E-state index in [1.54, 1.807) is 18.9 Å². The first-order valence-corrected chi connectivity index (χ1v) is 6.12. The van der Waals surface area contributed by atoms with Crippen LogP contribution in [0.15, 0.2) is 18.2 Å². The highest BCUT2D eigenvalue weighted by atomic mass is 19.1. The van der Waals surface area contributed by atoms with Crippen LogP contribution in [0.2, 0.25) is 0 Å². The fourth-order valence-corrected chi connectivity index (χ4v) is 2.34. The Morgan fingerprint density at radius 1 is 1.47 bits per heavy atom. The molecule has 1 fully saturated rings.